The summed E-state index contributed by atoms with van der Waals surface area (Å²) in [5.41, 5.74) is 5.34. The molecule has 2 aliphatic rings. The van der Waals surface area contributed by atoms with Crippen LogP contribution in [0.1, 0.15) is 36.1 Å². The van der Waals surface area contributed by atoms with E-state index in [0.717, 1.165) is 11.3 Å². The number of benzene rings is 2. The third kappa shape index (κ3) is 2.22. The van der Waals surface area contributed by atoms with E-state index < -0.39 is 5.66 Å². The number of hydrogen-bond donors (Lipinski definition) is 1. The van der Waals surface area contributed by atoms with Crippen LogP contribution in [0.4, 0.5) is 5.69 Å². The molecule has 2 heterocycles. The fraction of sp³-hybridized carbons (Fsp3) is 0.318. The first-order valence-corrected chi connectivity index (χ1v) is 8.79. The molecule has 1 atom stereocenters. The van der Waals surface area contributed by atoms with Crippen molar-refractivity contribution >= 4 is 17.7 Å². The second-order valence-electron chi connectivity index (χ2n) is 7.79. The van der Waals surface area contributed by atoms with E-state index in [9.17, 15) is 4.79 Å². The fourth-order valence-electron chi connectivity index (χ4n) is 4.18. The van der Waals surface area contributed by atoms with Crippen molar-refractivity contribution in [2.24, 2.45) is 0 Å². The molecule has 1 saturated heterocycles. The molecule has 2 aliphatic heterocycles. The number of carbonyl (C=O) groups excluding carboxylic acids is 1. The van der Waals surface area contributed by atoms with Crippen molar-refractivity contribution in [2.45, 2.75) is 38.8 Å². The van der Waals surface area contributed by atoms with Gasteiger partial charge in [0.15, 0.2) is 0 Å². The number of hydrogen-bond acceptors (Lipinski definition) is 2. The van der Waals surface area contributed by atoms with Crippen molar-refractivity contribution in [2.75, 3.05) is 11.4 Å². The first-order valence-electron chi connectivity index (χ1n) is 8.79. The number of nitrogens with zero attached hydrogens (tertiary/aromatic N) is 1. The molecule has 1 amide bonds. The van der Waals surface area contributed by atoms with Crippen molar-refractivity contribution in [3.63, 3.8) is 0 Å². The lowest BCUT2D eigenvalue weighted by Gasteiger charge is -2.40. The van der Waals surface area contributed by atoms with E-state index in [1.54, 1.807) is 0 Å². The maximum atomic E-state index is 12.3. The number of anilines is 1. The predicted molar refractivity (Wildman–Crippen MR) is 103 cm³/mol. The van der Waals surface area contributed by atoms with Crippen molar-refractivity contribution in [3.05, 3.63) is 70.8 Å². The quantitative estimate of drug-likeness (QED) is 0.903. The van der Waals surface area contributed by atoms with Crippen LogP contribution in [0.3, 0.4) is 0 Å². The van der Waals surface area contributed by atoms with Crippen LogP contribution in [0.5, 0.6) is 0 Å². The van der Waals surface area contributed by atoms with Crippen molar-refractivity contribution < 1.29 is 4.79 Å². The van der Waals surface area contributed by atoms with Gasteiger partial charge in [-0.25, -0.2) is 0 Å². The van der Waals surface area contributed by atoms with Gasteiger partial charge in [-0.2, -0.15) is 0 Å². The minimum atomic E-state index is -0.523. The Morgan fingerprint density at radius 1 is 1.04 bits per heavy atom. The predicted octanol–water partition coefficient (Wildman–Crippen LogP) is 3.94. The summed E-state index contributed by atoms with van der Waals surface area (Å²) in [5, 5.41) is 3.27. The third-order valence-electron chi connectivity index (χ3n) is 5.72. The lowest BCUT2D eigenvalue weighted by Crippen LogP contribution is -2.58. The van der Waals surface area contributed by atoms with E-state index in [4.69, 9.17) is 0 Å². The van der Waals surface area contributed by atoms with E-state index in [0.29, 0.717) is 6.54 Å². The van der Waals surface area contributed by atoms with Gasteiger partial charge in [0.05, 0.1) is 6.54 Å². The van der Waals surface area contributed by atoms with E-state index in [1.165, 1.54) is 16.7 Å². The average molecular weight is 332 g/mol. The highest BCUT2D eigenvalue weighted by Gasteiger charge is 2.59. The lowest BCUT2D eigenvalue weighted by atomic mass is 9.75. The first-order chi connectivity index (χ1) is 11.8. The molecule has 1 fully saturated rings. The van der Waals surface area contributed by atoms with Gasteiger partial charge in [0.1, 0.15) is 5.66 Å². The average Bonchev–Trinajstić information content (AvgIpc) is 2.99. The van der Waals surface area contributed by atoms with Gasteiger partial charge in [0.25, 0.3) is 0 Å². The maximum absolute atomic E-state index is 12.3. The van der Waals surface area contributed by atoms with Crippen molar-refractivity contribution in [3.8, 4) is 0 Å². The van der Waals surface area contributed by atoms with Gasteiger partial charge in [0, 0.05) is 11.1 Å². The van der Waals surface area contributed by atoms with Gasteiger partial charge >= 0.3 is 0 Å². The molecule has 0 aliphatic carbocycles. The van der Waals surface area contributed by atoms with Crippen LogP contribution in [0.15, 0.2) is 48.5 Å². The van der Waals surface area contributed by atoms with Gasteiger partial charge < -0.3 is 10.2 Å². The van der Waals surface area contributed by atoms with Gasteiger partial charge in [-0.3, -0.25) is 4.79 Å². The Morgan fingerprint density at radius 2 is 1.72 bits per heavy atom. The summed E-state index contributed by atoms with van der Waals surface area (Å²) in [4.78, 5) is 14.5. The van der Waals surface area contributed by atoms with Crippen LogP contribution in [-0.4, -0.2) is 18.1 Å². The van der Waals surface area contributed by atoms with Gasteiger partial charge in [0.2, 0.25) is 5.91 Å². The van der Waals surface area contributed by atoms with E-state index in [-0.39, 0.29) is 11.3 Å². The summed E-state index contributed by atoms with van der Waals surface area (Å²) < 4.78 is 0. The highest BCUT2D eigenvalue weighted by Crippen LogP contribution is 2.53. The zero-order chi connectivity index (χ0) is 17.8. The molecule has 2 aromatic rings. The van der Waals surface area contributed by atoms with Crippen LogP contribution in [-0.2, 0) is 10.2 Å². The molecule has 3 heteroatoms. The monoisotopic (exact) mass is 332 g/mol. The molecule has 3 nitrogen and oxygen atoms in total. The molecule has 4 rings (SSSR count). The topological polar surface area (TPSA) is 32.3 Å². The molecule has 128 valence electrons. The van der Waals surface area contributed by atoms with Crippen LogP contribution >= 0.6 is 0 Å². The van der Waals surface area contributed by atoms with Gasteiger partial charge in [-0.05, 0) is 37.1 Å². The van der Waals surface area contributed by atoms with Crippen LogP contribution < -0.4 is 10.2 Å². The van der Waals surface area contributed by atoms with Crippen LogP contribution in [0.25, 0.3) is 6.08 Å². The van der Waals surface area contributed by atoms with Gasteiger partial charge in [-0.1, -0.05) is 67.4 Å². The van der Waals surface area contributed by atoms with E-state index >= 15 is 0 Å². The number of carbonyl (C=O) groups is 1. The molecular formula is C22H24N2O. The zero-order valence-electron chi connectivity index (χ0n) is 15.3. The molecule has 0 unspecified atom stereocenters. The number of aryl methyl sites for hydroxylation is 2. The Labute approximate surface area is 149 Å². The molecule has 0 saturated carbocycles. The molecule has 0 radical (unpaired) electrons. The standard InChI is InChI=1S/C22H24N2O/c1-15-5-8-17(9-6-15)11-12-22-21(3,4)18-13-16(2)7-10-19(18)24(22)14-20(25)23-22/h5-13H,14H2,1-4H3,(H,23,25)/b12-11+/t22-/m0/s1. The van der Waals surface area contributed by atoms with Crippen molar-refractivity contribution in [1.29, 1.82) is 0 Å². The summed E-state index contributed by atoms with van der Waals surface area (Å²) in [5.74, 6) is 0.0767. The molecule has 2 aromatic carbocycles. The summed E-state index contributed by atoms with van der Waals surface area (Å²) in [6.45, 7) is 9.04. The molecular weight excluding hydrogens is 308 g/mol. The smallest absolute Gasteiger partial charge is 0.241 e. The van der Waals surface area contributed by atoms with Crippen LogP contribution in [0, 0.1) is 13.8 Å². The highest BCUT2D eigenvalue weighted by atomic mass is 16.2. The zero-order valence-corrected chi connectivity index (χ0v) is 15.3. The molecule has 1 N–H and O–H groups in total. The second-order valence-corrected chi connectivity index (χ2v) is 7.79. The minimum absolute atomic E-state index is 0.0767. The normalized spacial score (nSPS) is 23.7. The Bertz CT molecular complexity index is 879. The Morgan fingerprint density at radius 3 is 2.44 bits per heavy atom. The molecule has 0 spiro atoms. The number of amides is 1. The Hall–Kier alpha value is -2.55. The summed E-state index contributed by atoms with van der Waals surface area (Å²) in [6, 6.07) is 15.0. The van der Waals surface area contributed by atoms with Gasteiger partial charge in [-0.15, -0.1) is 0 Å². The van der Waals surface area contributed by atoms with E-state index in [1.807, 2.05) is 0 Å². The second kappa shape index (κ2) is 5.22. The third-order valence-corrected chi connectivity index (χ3v) is 5.72. The molecule has 0 aromatic heterocycles. The van der Waals surface area contributed by atoms with Crippen LogP contribution in [0.2, 0.25) is 0 Å². The van der Waals surface area contributed by atoms with E-state index in [2.05, 4.69) is 92.5 Å². The highest BCUT2D eigenvalue weighted by molar-refractivity contribution is 5.91. The molecule has 0 bridgehead atoms. The Kier molecular flexibility index (Phi) is 3.33. The SMILES string of the molecule is Cc1ccc(/C=C/[C@]23NC(=O)CN2c2ccc(C)cc2C3(C)C)cc1. The number of rotatable bonds is 2. The summed E-state index contributed by atoms with van der Waals surface area (Å²) >= 11 is 0. The minimum Gasteiger partial charge on any atom is -0.335 e. The fourth-order valence-corrected chi connectivity index (χ4v) is 4.18. The van der Waals surface area contributed by atoms with Crippen molar-refractivity contribution in [1.82, 2.24) is 5.32 Å². The largest absolute Gasteiger partial charge is 0.335 e. The number of nitrogens with one attached hydrogen (secondary N) is 1. The maximum Gasteiger partial charge on any atom is 0.241 e. The first kappa shape index (κ1) is 15.9. The summed E-state index contributed by atoms with van der Waals surface area (Å²) in [6.07, 6.45) is 4.29. The summed E-state index contributed by atoms with van der Waals surface area (Å²) in [7, 11) is 0. The lowest BCUT2D eigenvalue weighted by molar-refractivity contribution is -0.118. The molecule has 25 heavy (non-hydrogen) atoms. The Balaban J connectivity index is 1.83. The number of fused-ring (bicyclic) bond motifs is 3.